The molecule has 1 N–H and O–H groups in total. The van der Waals surface area contributed by atoms with E-state index in [1.165, 1.54) is 18.4 Å². The number of nitrogens with one attached hydrogen (secondary N) is 1. The highest BCUT2D eigenvalue weighted by molar-refractivity contribution is 7.91. The minimum absolute atomic E-state index is 0.0488. The second-order valence-corrected chi connectivity index (χ2v) is 10.1. The van der Waals surface area contributed by atoms with Gasteiger partial charge in [-0.05, 0) is 43.4 Å². The number of sulfone groups is 1. The van der Waals surface area contributed by atoms with Crippen molar-refractivity contribution in [3.63, 3.8) is 0 Å². The van der Waals surface area contributed by atoms with Crippen molar-refractivity contribution in [1.82, 2.24) is 9.62 Å². The monoisotopic (exact) mass is 434 g/mol. The molecule has 1 aromatic heterocycles. The lowest BCUT2D eigenvalue weighted by molar-refractivity contribution is 0.194. The van der Waals surface area contributed by atoms with Gasteiger partial charge in [0.05, 0.1) is 22.2 Å². The van der Waals surface area contributed by atoms with E-state index in [9.17, 15) is 16.8 Å². The van der Waals surface area contributed by atoms with Crippen LogP contribution in [0.2, 0.25) is 5.02 Å². The SMILES string of the molecule is CCN(CC)C(CNS(=O)(=O)c1cc(S(C)(=O)=O)ccc1Cl)c1ccco1. The van der Waals surface area contributed by atoms with E-state index in [0.29, 0.717) is 18.8 Å². The van der Waals surface area contributed by atoms with Gasteiger partial charge in [0, 0.05) is 12.8 Å². The highest BCUT2D eigenvalue weighted by Gasteiger charge is 2.26. The van der Waals surface area contributed by atoms with E-state index < -0.39 is 19.9 Å². The molecule has 0 amide bonds. The summed E-state index contributed by atoms with van der Waals surface area (Å²) in [6.45, 7) is 5.40. The Kier molecular flexibility index (Phi) is 7.09. The largest absolute Gasteiger partial charge is 0.468 e. The second-order valence-electron chi connectivity index (χ2n) is 5.97. The van der Waals surface area contributed by atoms with Crippen molar-refractivity contribution in [1.29, 1.82) is 0 Å². The van der Waals surface area contributed by atoms with Crippen LogP contribution in [0.15, 0.2) is 50.8 Å². The van der Waals surface area contributed by atoms with E-state index in [1.807, 2.05) is 13.8 Å². The first-order valence-corrected chi connectivity index (χ1v) is 12.1. The van der Waals surface area contributed by atoms with Crippen molar-refractivity contribution >= 4 is 31.5 Å². The van der Waals surface area contributed by atoms with Gasteiger partial charge in [0.15, 0.2) is 9.84 Å². The molecule has 2 rings (SSSR count). The number of rotatable bonds is 9. The van der Waals surface area contributed by atoms with Crippen LogP contribution in [-0.4, -0.2) is 47.6 Å². The van der Waals surface area contributed by atoms with Crippen LogP contribution in [0, 0.1) is 0 Å². The van der Waals surface area contributed by atoms with Gasteiger partial charge in [-0.1, -0.05) is 25.4 Å². The summed E-state index contributed by atoms with van der Waals surface area (Å²) in [5.74, 6) is 0.636. The molecule has 0 bridgehead atoms. The van der Waals surface area contributed by atoms with Crippen molar-refractivity contribution < 1.29 is 21.3 Å². The molecule has 1 atom stereocenters. The van der Waals surface area contributed by atoms with Gasteiger partial charge < -0.3 is 4.42 Å². The number of halogens is 1. The first-order chi connectivity index (χ1) is 12.6. The fourth-order valence-electron chi connectivity index (χ4n) is 2.74. The van der Waals surface area contributed by atoms with Crippen molar-refractivity contribution in [3.05, 3.63) is 47.4 Å². The van der Waals surface area contributed by atoms with Crippen LogP contribution in [0.4, 0.5) is 0 Å². The van der Waals surface area contributed by atoms with Crippen molar-refractivity contribution in [2.24, 2.45) is 0 Å². The average Bonchev–Trinajstić information content (AvgIpc) is 3.12. The fourth-order valence-corrected chi connectivity index (χ4v) is 5.03. The number of nitrogens with zero attached hydrogens (tertiary/aromatic N) is 1. The van der Waals surface area contributed by atoms with E-state index in [1.54, 1.807) is 12.1 Å². The van der Waals surface area contributed by atoms with Crippen LogP contribution < -0.4 is 4.72 Å². The molecule has 1 heterocycles. The molecule has 150 valence electrons. The third-order valence-electron chi connectivity index (χ3n) is 4.21. The Morgan fingerprint density at radius 2 is 1.81 bits per heavy atom. The Morgan fingerprint density at radius 1 is 1.15 bits per heavy atom. The van der Waals surface area contributed by atoms with Gasteiger partial charge >= 0.3 is 0 Å². The molecule has 0 spiro atoms. The van der Waals surface area contributed by atoms with Crippen molar-refractivity contribution in [2.75, 3.05) is 25.9 Å². The molecular weight excluding hydrogens is 412 g/mol. The molecule has 0 fully saturated rings. The van der Waals surface area contributed by atoms with Crippen LogP contribution in [0.25, 0.3) is 0 Å². The number of furan rings is 1. The first kappa shape index (κ1) is 21.9. The zero-order valence-corrected chi connectivity index (χ0v) is 17.7. The molecule has 0 aliphatic rings. The summed E-state index contributed by atoms with van der Waals surface area (Å²) in [6, 6.07) is 6.83. The third kappa shape index (κ3) is 5.32. The molecule has 0 aliphatic heterocycles. The summed E-state index contributed by atoms with van der Waals surface area (Å²) in [6.07, 6.45) is 2.54. The summed E-state index contributed by atoms with van der Waals surface area (Å²) in [4.78, 5) is 1.67. The molecule has 0 aliphatic carbocycles. The fraction of sp³-hybridized carbons (Fsp3) is 0.412. The Bertz CT molecular complexity index is 969. The Labute approximate surface area is 165 Å². The van der Waals surface area contributed by atoms with Crippen LogP contribution in [0.1, 0.15) is 25.6 Å². The summed E-state index contributed by atoms with van der Waals surface area (Å²) in [5.41, 5.74) is 0. The minimum Gasteiger partial charge on any atom is -0.468 e. The van der Waals surface area contributed by atoms with E-state index in [2.05, 4.69) is 9.62 Å². The molecular formula is C17H23ClN2O5S2. The van der Waals surface area contributed by atoms with Gasteiger partial charge in [-0.3, -0.25) is 4.90 Å². The Balaban J connectivity index is 2.32. The standard InChI is InChI=1S/C17H23ClN2O5S2/c1-4-20(5-2)15(16-7-6-10-25-16)12-19-27(23,24)17-11-13(26(3,21)22)8-9-14(17)18/h6-11,15,19H,4-5,12H2,1-3H3. The van der Waals surface area contributed by atoms with E-state index >= 15 is 0 Å². The number of likely N-dealkylation sites (N-methyl/N-ethyl adjacent to an activating group) is 1. The van der Waals surface area contributed by atoms with Crippen LogP contribution in [0.3, 0.4) is 0 Å². The zero-order chi connectivity index (χ0) is 20.2. The van der Waals surface area contributed by atoms with E-state index in [-0.39, 0.29) is 27.4 Å². The maximum absolute atomic E-state index is 12.8. The molecule has 27 heavy (non-hydrogen) atoms. The molecule has 0 saturated carbocycles. The molecule has 1 aromatic carbocycles. The van der Waals surface area contributed by atoms with E-state index in [4.69, 9.17) is 16.0 Å². The smallest absolute Gasteiger partial charge is 0.242 e. The van der Waals surface area contributed by atoms with E-state index in [0.717, 1.165) is 12.3 Å². The zero-order valence-electron chi connectivity index (χ0n) is 15.3. The normalized spacial score (nSPS) is 13.8. The molecule has 10 heteroatoms. The molecule has 0 radical (unpaired) electrons. The topological polar surface area (TPSA) is 96.7 Å². The van der Waals surface area contributed by atoms with Crippen molar-refractivity contribution in [3.8, 4) is 0 Å². The van der Waals surface area contributed by atoms with Crippen molar-refractivity contribution in [2.45, 2.75) is 29.7 Å². The first-order valence-electron chi connectivity index (χ1n) is 8.36. The predicted octanol–water partition coefficient (Wildman–Crippen LogP) is 2.70. The van der Waals surface area contributed by atoms with Crippen LogP contribution >= 0.6 is 11.6 Å². The van der Waals surface area contributed by atoms with Crippen LogP contribution in [0.5, 0.6) is 0 Å². The quantitative estimate of drug-likeness (QED) is 0.651. The molecule has 2 aromatic rings. The lowest BCUT2D eigenvalue weighted by atomic mass is 10.2. The number of benzene rings is 1. The maximum atomic E-state index is 12.8. The highest BCUT2D eigenvalue weighted by Crippen LogP contribution is 2.26. The predicted molar refractivity (Wildman–Crippen MR) is 104 cm³/mol. The molecule has 7 nitrogen and oxygen atoms in total. The lowest BCUT2D eigenvalue weighted by Gasteiger charge is -2.28. The third-order valence-corrected chi connectivity index (χ3v) is 7.23. The summed E-state index contributed by atoms with van der Waals surface area (Å²) in [7, 11) is -7.59. The minimum atomic E-state index is -4.02. The summed E-state index contributed by atoms with van der Waals surface area (Å²) < 4.78 is 57.0. The lowest BCUT2D eigenvalue weighted by Crippen LogP contribution is -2.38. The number of hydrogen-bond donors (Lipinski definition) is 1. The highest BCUT2D eigenvalue weighted by atomic mass is 35.5. The van der Waals surface area contributed by atoms with Gasteiger partial charge in [-0.2, -0.15) is 0 Å². The molecule has 1 unspecified atom stereocenters. The summed E-state index contributed by atoms with van der Waals surface area (Å²) in [5, 5.41) is -0.0488. The van der Waals surface area contributed by atoms with Gasteiger partial charge in [0.25, 0.3) is 0 Å². The van der Waals surface area contributed by atoms with Gasteiger partial charge in [-0.15, -0.1) is 0 Å². The Morgan fingerprint density at radius 3 is 2.33 bits per heavy atom. The van der Waals surface area contributed by atoms with Gasteiger partial charge in [0.2, 0.25) is 10.0 Å². The van der Waals surface area contributed by atoms with Gasteiger partial charge in [-0.25, -0.2) is 21.6 Å². The maximum Gasteiger partial charge on any atom is 0.242 e. The molecule has 0 saturated heterocycles. The second kappa shape index (κ2) is 8.74. The van der Waals surface area contributed by atoms with Gasteiger partial charge in [0.1, 0.15) is 10.7 Å². The number of sulfonamides is 1. The Hall–Kier alpha value is -1.39. The number of hydrogen-bond acceptors (Lipinski definition) is 6. The average molecular weight is 435 g/mol. The van der Waals surface area contributed by atoms with Crippen LogP contribution in [-0.2, 0) is 19.9 Å². The summed E-state index contributed by atoms with van der Waals surface area (Å²) >= 11 is 6.02.